The number of H-pyrrole nitrogens is 2. The Bertz CT molecular complexity index is 2630. The molecule has 0 unspecified atom stereocenters. The van der Waals surface area contributed by atoms with Crippen LogP contribution in [-0.4, -0.2) is 32.5 Å². The van der Waals surface area contributed by atoms with E-state index < -0.39 is 0 Å². The maximum atomic E-state index is 11.9. The van der Waals surface area contributed by atoms with E-state index in [-0.39, 0.29) is 0 Å². The molecule has 4 aromatic carbocycles. The molecule has 8 bridgehead atoms. The Kier molecular flexibility index (Phi) is 7.67. The fourth-order valence-corrected chi connectivity index (χ4v) is 7.17. The van der Waals surface area contributed by atoms with Gasteiger partial charge in [0.25, 0.3) is 0 Å². The molecule has 0 saturated carbocycles. The first-order valence-electron chi connectivity index (χ1n) is 17.1. The number of carbonyl (C=O) groups excluding carboxylic acids is 2. The van der Waals surface area contributed by atoms with Gasteiger partial charge in [0.05, 0.1) is 22.8 Å². The lowest BCUT2D eigenvalue weighted by molar-refractivity contribution is 0.111. The minimum atomic E-state index is 0.576. The van der Waals surface area contributed by atoms with E-state index in [1.165, 1.54) is 0 Å². The molecule has 7 aromatic rings. The molecule has 52 heavy (non-hydrogen) atoms. The quantitative estimate of drug-likeness (QED) is 0.172. The Morgan fingerprint density at radius 1 is 0.365 bits per heavy atom. The summed E-state index contributed by atoms with van der Waals surface area (Å²) in [5.41, 5.74) is 15.2. The molecule has 2 aliphatic heterocycles. The van der Waals surface area contributed by atoms with Gasteiger partial charge < -0.3 is 9.97 Å². The van der Waals surface area contributed by atoms with Crippen molar-refractivity contribution in [2.45, 2.75) is 0 Å². The molecule has 0 atom stereocenters. The Hall–Kier alpha value is -7.18. The average molecular weight is 671 g/mol. The lowest BCUT2D eigenvalue weighted by Gasteiger charge is -2.07. The van der Waals surface area contributed by atoms with Crippen molar-refractivity contribution in [3.63, 3.8) is 0 Å². The molecule has 6 heteroatoms. The summed E-state index contributed by atoms with van der Waals surface area (Å²) in [5, 5.41) is 0. The lowest BCUT2D eigenvalue weighted by Crippen LogP contribution is -1.92. The van der Waals surface area contributed by atoms with Gasteiger partial charge >= 0.3 is 0 Å². The lowest BCUT2D eigenvalue weighted by atomic mass is 10.0. The van der Waals surface area contributed by atoms with E-state index in [2.05, 4.69) is 58.5 Å². The van der Waals surface area contributed by atoms with Gasteiger partial charge in [-0.15, -0.1) is 0 Å². The number of aromatic nitrogens is 4. The number of hydrogen-bond donors (Lipinski definition) is 2. The third-order valence-electron chi connectivity index (χ3n) is 9.50. The summed E-state index contributed by atoms with van der Waals surface area (Å²) >= 11 is 0. The Morgan fingerprint density at radius 2 is 0.731 bits per heavy atom. The van der Waals surface area contributed by atoms with Crippen molar-refractivity contribution in [1.82, 2.24) is 19.9 Å². The number of benzene rings is 4. The average Bonchev–Trinajstić information content (AvgIpc) is 4.04. The molecule has 9 rings (SSSR count). The van der Waals surface area contributed by atoms with E-state index in [9.17, 15) is 9.59 Å². The zero-order chi connectivity index (χ0) is 35.0. The minimum Gasteiger partial charge on any atom is -0.354 e. The van der Waals surface area contributed by atoms with Crippen LogP contribution in [0.2, 0.25) is 0 Å². The molecule has 2 N–H and O–H groups in total. The van der Waals surface area contributed by atoms with Gasteiger partial charge in [-0.25, -0.2) is 9.97 Å². The van der Waals surface area contributed by atoms with Crippen molar-refractivity contribution in [1.29, 1.82) is 0 Å². The van der Waals surface area contributed by atoms with E-state index in [0.717, 1.165) is 102 Å². The number of nitrogens with one attached hydrogen (secondary N) is 2. The van der Waals surface area contributed by atoms with Gasteiger partial charge in [-0.3, -0.25) is 9.59 Å². The van der Waals surface area contributed by atoms with Gasteiger partial charge in [0.15, 0.2) is 0 Å². The van der Waals surface area contributed by atoms with Gasteiger partial charge in [-0.1, -0.05) is 97.1 Å². The molecule has 0 spiro atoms. The number of hydrogen-bond acceptors (Lipinski definition) is 4. The summed E-state index contributed by atoms with van der Waals surface area (Å²) in [7, 11) is 0. The zero-order valence-electron chi connectivity index (χ0n) is 27.9. The summed E-state index contributed by atoms with van der Waals surface area (Å²) in [4.78, 5) is 41.9. The van der Waals surface area contributed by atoms with Crippen LogP contribution in [0.4, 0.5) is 0 Å². The van der Waals surface area contributed by atoms with Crippen LogP contribution in [0, 0.1) is 0 Å². The molecule has 5 heterocycles. The first kappa shape index (κ1) is 30.8. The maximum Gasteiger partial charge on any atom is 0.150 e. The molecular weight excluding hydrogens is 641 g/mol. The van der Waals surface area contributed by atoms with E-state index in [4.69, 9.17) is 9.97 Å². The first-order chi connectivity index (χ1) is 25.7. The first-order valence-corrected chi connectivity index (χ1v) is 17.1. The summed E-state index contributed by atoms with van der Waals surface area (Å²) < 4.78 is 0. The molecule has 0 radical (unpaired) electrons. The number of carbonyl (C=O) groups is 2. The highest BCUT2D eigenvalue weighted by Crippen LogP contribution is 2.38. The second-order valence-electron chi connectivity index (χ2n) is 12.7. The highest BCUT2D eigenvalue weighted by atomic mass is 16.1. The van der Waals surface area contributed by atoms with E-state index in [1.807, 2.05) is 103 Å². The number of nitrogens with zero attached hydrogens (tertiary/aromatic N) is 2. The Morgan fingerprint density at radius 3 is 1.15 bits per heavy atom. The second kappa shape index (κ2) is 12.9. The van der Waals surface area contributed by atoms with Gasteiger partial charge in [0.2, 0.25) is 0 Å². The van der Waals surface area contributed by atoms with Crippen molar-refractivity contribution in [2.24, 2.45) is 0 Å². The summed E-state index contributed by atoms with van der Waals surface area (Å²) in [6.45, 7) is 0. The maximum absolute atomic E-state index is 11.9. The van der Waals surface area contributed by atoms with Crippen molar-refractivity contribution in [3.05, 3.63) is 167 Å². The minimum absolute atomic E-state index is 0.576. The third-order valence-corrected chi connectivity index (χ3v) is 9.50. The molecule has 0 saturated heterocycles. The van der Waals surface area contributed by atoms with Gasteiger partial charge in [-0.05, 0) is 83.0 Å². The smallest absolute Gasteiger partial charge is 0.150 e. The fraction of sp³-hybridized carbons (Fsp3) is 0. The number of aromatic amines is 2. The van der Waals surface area contributed by atoms with Crippen LogP contribution in [0.15, 0.2) is 133 Å². The molecule has 3 aromatic heterocycles. The van der Waals surface area contributed by atoms with Crippen LogP contribution in [0.25, 0.3) is 90.9 Å². The summed E-state index contributed by atoms with van der Waals surface area (Å²) in [5.74, 6) is 0. The Balaban J connectivity index is 1.48. The standard InChI is InChI=1S/C46H30N4O2/c51-27-29-9-7-15-33(25-29)45-39-21-17-35(47-39)43(31-11-3-1-4-12-31)36-18-22-40(48-36)46(34-16-8-10-30(26-34)28-52)42-24-20-38(50-42)44(32-13-5-2-6-14-32)37-19-23-41(45)49-37/h1-28,47,49H. The van der Waals surface area contributed by atoms with E-state index in [0.29, 0.717) is 11.1 Å². The van der Waals surface area contributed by atoms with Crippen molar-refractivity contribution < 1.29 is 9.59 Å². The van der Waals surface area contributed by atoms with Crippen LogP contribution in [-0.2, 0) is 0 Å². The van der Waals surface area contributed by atoms with Gasteiger partial charge in [0.1, 0.15) is 12.6 Å². The Labute approximate surface area is 299 Å². The molecular formula is C46H30N4O2. The molecule has 0 fully saturated rings. The van der Waals surface area contributed by atoms with E-state index >= 15 is 0 Å². The number of rotatable bonds is 6. The molecule has 0 aliphatic carbocycles. The van der Waals surface area contributed by atoms with Gasteiger partial charge in [0, 0.05) is 55.4 Å². The van der Waals surface area contributed by atoms with Crippen molar-refractivity contribution in [3.8, 4) is 44.5 Å². The monoisotopic (exact) mass is 670 g/mol. The predicted molar refractivity (Wildman–Crippen MR) is 211 cm³/mol. The van der Waals surface area contributed by atoms with E-state index in [1.54, 1.807) is 6.07 Å². The van der Waals surface area contributed by atoms with Crippen LogP contribution in [0.1, 0.15) is 43.5 Å². The van der Waals surface area contributed by atoms with Crippen LogP contribution >= 0.6 is 0 Å². The second-order valence-corrected chi connectivity index (χ2v) is 12.7. The predicted octanol–water partition coefficient (Wildman–Crippen LogP) is 10.9. The molecule has 2 aliphatic rings. The third kappa shape index (κ3) is 5.49. The van der Waals surface area contributed by atoms with Crippen molar-refractivity contribution in [2.75, 3.05) is 0 Å². The molecule has 246 valence electrons. The highest BCUT2D eigenvalue weighted by Gasteiger charge is 2.19. The zero-order valence-corrected chi connectivity index (χ0v) is 27.9. The van der Waals surface area contributed by atoms with Crippen LogP contribution < -0.4 is 0 Å². The highest BCUT2D eigenvalue weighted by molar-refractivity contribution is 6.00. The van der Waals surface area contributed by atoms with Crippen molar-refractivity contribution >= 4 is 58.9 Å². The molecule has 6 nitrogen and oxygen atoms in total. The number of fused-ring (bicyclic) bond motifs is 8. The SMILES string of the molecule is O=Cc1cccc(-c2c3nc(c(-c4ccccc4)c4ccc([nH]4)c(-c4cccc(C=O)c4)c4ccc([nH]4)c(-c4ccccc4)c4nc2C=C4)C=C3)c1. The van der Waals surface area contributed by atoms with Crippen LogP contribution in [0.5, 0.6) is 0 Å². The number of aldehydes is 2. The topological polar surface area (TPSA) is 91.5 Å². The summed E-state index contributed by atoms with van der Waals surface area (Å²) in [6.07, 6.45) is 9.88. The molecule has 0 amide bonds. The normalized spacial score (nSPS) is 11.8. The van der Waals surface area contributed by atoms with Crippen LogP contribution in [0.3, 0.4) is 0 Å². The fourth-order valence-electron chi connectivity index (χ4n) is 7.17. The summed E-state index contributed by atoms with van der Waals surface area (Å²) in [6, 6.07) is 44.0. The van der Waals surface area contributed by atoms with Gasteiger partial charge in [-0.2, -0.15) is 0 Å². The largest absolute Gasteiger partial charge is 0.354 e.